The summed E-state index contributed by atoms with van der Waals surface area (Å²) in [6.07, 6.45) is -1.00. The number of carboxylic acid groups (broad SMARTS) is 2. The summed E-state index contributed by atoms with van der Waals surface area (Å²) in [6, 6.07) is 1.27. The van der Waals surface area contributed by atoms with Gasteiger partial charge in [-0.15, -0.1) is 0 Å². The number of hydrogen-bond donors (Lipinski definition) is 2. The van der Waals surface area contributed by atoms with E-state index in [1.54, 1.807) is 11.6 Å². The highest BCUT2D eigenvalue weighted by molar-refractivity contribution is 5.85. The van der Waals surface area contributed by atoms with E-state index >= 15 is 0 Å². The van der Waals surface area contributed by atoms with Gasteiger partial charge in [0.05, 0.1) is 18.3 Å². The summed E-state index contributed by atoms with van der Waals surface area (Å²) in [5.41, 5.74) is 0.563. The molecule has 1 amide bonds. The molecule has 1 aliphatic heterocycles. The second-order valence-electron chi connectivity index (χ2n) is 3.78. The number of amides is 1. The molecular formula is C9H11N3O4. The van der Waals surface area contributed by atoms with E-state index in [1.165, 1.54) is 11.0 Å². The van der Waals surface area contributed by atoms with Crippen molar-refractivity contribution in [3.63, 3.8) is 0 Å². The summed E-state index contributed by atoms with van der Waals surface area (Å²) in [5, 5.41) is 21.6. The molecule has 0 fully saturated rings. The Morgan fingerprint density at radius 2 is 2.19 bits per heavy atom. The summed E-state index contributed by atoms with van der Waals surface area (Å²) in [4.78, 5) is 22.8. The van der Waals surface area contributed by atoms with Gasteiger partial charge in [0.2, 0.25) is 0 Å². The van der Waals surface area contributed by atoms with Gasteiger partial charge in [0, 0.05) is 6.54 Å². The van der Waals surface area contributed by atoms with Crippen LogP contribution in [0.15, 0.2) is 6.07 Å². The van der Waals surface area contributed by atoms with E-state index in [-0.39, 0.29) is 18.3 Å². The summed E-state index contributed by atoms with van der Waals surface area (Å²) in [6.45, 7) is 2.31. The van der Waals surface area contributed by atoms with Gasteiger partial charge in [0.15, 0.2) is 5.69 Å². The summed E-state index contributed by atoms with van der Waals surface area (Å²) < 4.78 is 1.57. The molecule has 86 valence electrons. The van der Waals surface area contributed by atoms with Crippen molar-refractivity contribution < 1.29 is 19.8 Å². The highest BCUT2D eigenvalue weighted by Crippen LogP contribution is 2.21. The van der Waals surface area contributed by atoms with Crippen molar-refractivity contribution in [3.8, 4) is 0 Å². The number of rotatable bonds is 1. The Hall–Kier alpha value is -2.05. The van der Waals surface area contributed by atoms with Gasteiger partial charge in [-0.2, -0.15) is 5.10 Å². The molecule has 0 saturated heterocycles. The molecule has 1 unspecified atom stereocenters. The lowest BCUT2D eigenvalue weighted by Crippen LogP contribution is -2.39. The van der Waals surface area contributed by atoms with Crippen LogP contribution in [0.2, 0.25) is 0 Å². The van der Waals surface area contributed by atoms with E-state index in [1.807, 2.05) is 0 Å². The van der Waals surface area contributed by atoms with Crippen molar-refractivity contribution in [2.45, 2.75) is 19.5 Å². The molecule has 0 aromatic carbocycles. The van der Waals surface area contributed by atoms with Gasteiger partial charge in [-0.1, -0.05) is 0 Å². The molecule has 0 radical (unpaired) electrons. The smallest absolute Gasteiger partial charge is 0.407 e. The molecule has 0 aliphatic carbocycles. The van der Waals surface area contributed by atoms with Gasteiger partial charge in [0.1, 0.15) is 0 Å². The molecule has 2 heterocycles. The average molecular weight is 225 g/mol. The number of aromatic carboxylic acids is 1. The number of carbonyl (C=O) groups is 2. The first-order valence-electron chi connectivity index (χ1n) is 4.78. The number of fused-ring (bicyclic) bond motifs is 1. The Balaban J connectivity index is 2.35. The SMILES string of the molecule is CC1CN(C(=O)O)Cc2cc(C(=O)O)nn21. The third kappa shape index (κ3) is 1.60. The minimum atomic E-state index is -1.10. The van der Waals surface area contributed by atoms with Crippen LogP contribution in [0.3, 0.4) is 0 Å². The number of hydrogen-bond acceptors (Lipinski definition) is 3. The molecule has 16 heavy (non-hydrogen) atoms. The molecule has 0 saturated carbocycles. The van der Waals surface area contributed by atoms with Crippen molar-refractivity contribution >= 4 is 12.1 Å². The van der Waals surface area contributed by atoms with Gasteiger partial charge < -0.3 is 15.1 Å². The lowest BCUT2D eigenvalue weighted by molar-refractivity contribution is 0.0688. The third-order valence-electron chi connectivity index (χ3n) is 2.56. The van der Waals surface area contributed by atoms with E-state index in [9.17, 15) is 9.59 Å². The molecule has 1 aromatic heterocycles. The van der Waals surface area contributed by atoms with Crippen LogP contribution in [0.5, 0.6) is 0 Å². The normalized spacial score (nSPS) is 19.3. The number of carboxylic acids is 1. The zero-order valence-corrected chi connectivity index (χ0v) is 8.62. The van der Waals surface area contributed by atoms with Crippen LogP contribution < -0.4 is 0 Å². The minimum Gasteiger partial charge on any atom is -0.476 e. The lowest BCUT2D eigenvalue weighted by Gasteiger charge is -2.29. The zero-order valence-electron chi connectivity index (χ0n) is 8.62. The van der Waals surface area contributed by atoms with Crippen LogP contribution >= 0.6 is 0 Å². The first-order chi connectivity index (χ1) is 7.49. The van der Waals surface area contributed by atoms with Crippen molar-refractivity contribution in [2.75, 3.05) is 6.54 Å². The fourth-order valence-electron chi connectivity index (χ4n) is 1.84. The first kappa shape index (κ1) is 10.5. The van der Waals surface area contributed by atoms with Crippen LogP contribution in [0.4, 0.5) is 4.79 Å². The predicted molar refractivity (Wildman–Crippen MR) is 52.3 cm³/mol. The van der Waals surface area contributed by atoms with E-state index in [2.05, 4.69) is 5.10 Å². The topological polar surface area (TPSA) is 95.7 Å². The quantitative estimate of drug-likeness (QED) is 0.731. The van der Waals surface area contributed by atoms with Crippen molar-refractivity contribution in [1.29, 1.82) is 0 Å². The molecule has 1 aliphatic rings. The van der Waals surface area contributed by atoms with E-state index in [4.69, 9.17) is 10.2 Å². The molecule has 1 aromatic rings. The molecule has 2 rings (SSSR count). The van der Waals surface area contributed by atoms with Gasteiger partial charge >= 0.3 is 12.1 Å². The first-order valence-corrected chi connectivity index (χ1v) is 4.78. The summed E-state index contributed by atoms with van der Waals surface area (Å²) in [7, 11) is 0. The van der Waals surface area contributed by atoms with E-state index < -0.39 is 12.1 Å². The zero-order chi connectivity index (χ0) is 11.9. The van der Waals surface area contributed by atoms with Crippen molar-refractivity contribution in [3.05, 3.63) is 17.5 Å². The van der Waals surface area contributed by atoms with E-state index in [0.29, 0.717) is 12.2 Å². The Morgan fingerprint density at radius 1 is 1.50 bits per heavy atom. The van der Waals surface area contributed by atoms with E-state index in [0.717, 1.165) is 0 Å². The molecule has 1 atom stereocenters. The maximum atomic E-state index is 10.8. The van der Waals surface area contributed by atoms with Crippen molar-refractivity contribution in [1.82, 2.24) is 14.7 Å². The lowest BCUT2D eigenvalue weighted by atomic mass is 10.2. The van der Waals surface area contributed by atoms with Gasteiger partial charge in [-0.3, -0.25) is 4.68 Å². The Bertz CT molecular complexity index is 454. The maximum Gasteiger partial charge on any atom is 0.407 e. The summed E-state index contributed by atoms with van der Waals surface area (Å²) in [5.74, 6) is -1.10. The van der Waals surface area contributed by atoms with Crippen LogP contribution in [0.1, 0.15) is 29.1 Å². The number of nitrogens with zero attached hydrogens (tertiary/aromatic N) is 3. The highest BCUT2D eigenvalue weighted by atomic mass is 16.4. The fourth-order valence-corrected chi connectivity index (χ4v) is 1.84. The fraction of sp³-hybridized carbons (Fsp3) is 0.444. The molecule has 0 spiro atoms. The molecule has 2 N–H and O–H groups in total. The van der Waals surface area contributed by atoms with Crippen molar-refractivity contribution in [2.24, 2.45) is 0 Å². The van der Waals surface area contributed by atoms with Gasteiger partial charge in [0.25, 0.3) is 0 Å². The van der Waals surface area contributed by atoms with Crippen LogP contribution in [-0.4, -0.2) is 43.5 Å². The second kappa shape index (κ2) is 3.51. The van der Waals surface area contributed by atoms with Gasteiger partial charge in [-0.05, 0) is 13.0 Å². The average Bonchev–Trinajstić information content (AvgIpc) is 2.61. The number of aromatic nitrogens is 2. The molecule has 0 bridgehead atoms. The van der Waals surface area contributed by atoms with Crippen LogP contribution in [0, 0.1) is 0 Å². The standard InChI is InChI=1S/C9H11N3O4/c1-5-3-11(9(15)16)4-6-2-7(8(13)14)10-12(5)6/h2,5H,3-4H2,1H3,(H,13,14)(H,15,16). The maximum absolute atomic E-state index is 10.8. The van der Waals surface area contributed by atoms with Gasteiger partial charge in [-0.25, -0.2) is 9.59 Å². The highest BCUT2D eigenvalue weighted by Gasteiger charge is 2.27. The van der Waals surface area contributed by atoms with Crippen LogP contribution in [-0.2, 0) is 6.54 Å². The third-order valence-corrected chi connectivity index (χ3v) is 2.56. The predicted octanol–water partition coefficient (Wildman–Crippen LogP) is 0.636. The molecule has 7 nitrogen and oxygen atoms in total. The largest absolute Gasteiger partial charge is 0.476 e. The Kier molecular flexibility index (Phi) is 2.30. The molecular weight excluding hydrogens is 214 g/mol. The Morgan fingerprint density at radius 3 is 2.75 bits per heavy atom. The van der Waals surface area contributed by atoms with Crippen LogP contribution in [0.25, 0.3) is 0 Å². The second-order valence-corrected chi connectivity index (χ2v) is 3.78. The molecule has 7 heteroatoms. The Labute approximate surface area is 90.9 Å². The summed E-state index contributed by atoms with van der Waals surface area (Å²) >= 11 is 0. The monoisotopic (exact) mass is 225 g/mol. The minimum absolute atomic E-state index is 0.0471.